The van der Waals surface area contributed by atoms with E-state index in [4.69, 9.17) is 0 Å². The first-order valence-corrected chi connectivity index (χ1v) is 7.99. The lowest BCUT2D eigenvalue weighted by atomic mass is 9.93. The Kier molecular flexibility index (Phi) is 4.52. The molecule has 0 spiro atoms. The summed E-state index contributed by atoms with van der Waals surface area (Å²) < 4.78 is 0. The normalized spacial score (nSPS) is 15.5. The summed E-state index contributed by atoms with van der Waals surface area (Å²) in [5, 5.41) is 3.67. The van der Waals surface area contributed by atoms with Gasteiger partial charge < -0.3 is 5.32 Å². The maximum Gasteiger partial charge on any atom is 0.0968 e. The van der Waals surface area contributed by atoms with Crippen molar-refractivity contribution in [1.29, 1.82) is 0 Å². The number of nitrogens with zero attached hydrogens (tertiary/aromatic N) is 2. The van der Waals surface area contributed by atoms with Crippen LogP contribution in [0.5, 0.6) is 0 Å². The van der Waals surface area contributed by atoms with Gasteiger partial charge in [-0.3, -0.25) is 9.98 Å². The molecule has 1 unspecified atom stereocenters. The topological polar surface area (TPSA) is 37.3 Å². The van der Waals surface area contributed by atoms with E-state index < -0.39 is 0 Å². The van der Waals surface area contributed by atoms with Crippen LogP contribution >= 0.6 is 0 Å². The number of hydrogen-bond acceptors (Lipinski definition) is 3. The molecular weight excluding hydrogens is 270 g/mol. The summed E-state index contributed by atoms with van der Waals surface area (Å²) in [5.41, 5.74) is 5.31. The van der Waals surface area contributed by atoms with E-state index in [9.17, 15) is 0 Å². The molecule has 1 aromatic carbocycles. The van der Waals surface area contributed by atoms with Crippen molar-refractivity contribution in [3.05, 3.63) is 65.0 Å². The van der Waals surface area contributed by atoms with Gasteiger partial charge in [0, 0.05) is 25.4 Å². The lowest BCUT2D eigenvalue weighted by molar-refractivity contribution is 0.633. The van der Waals surface area contributed by atoms with Gasteiger partial charge in [0.1, 0.15) is 0 Å². The molecule has 3 rings (SSSR count). The van der Waals surface area contributed by atoms with Crippen LogP contribution in [0.15, 0.2) is 47.7 Å². The lowest BCUT2D eigenvalue weighted by Crippen LogP contribution is -2.29. The Bertz CT molecular complexity index is 662. The van der Waals surface area contributed by atoms with E-state index in [1.54, 1.807) is 0 Å². The Morgan fingerprint density at radius 3 is 2.82 bits per heavy atom. The van der Waals surface area contributed by atoms with Crippen molar-refractivity contribution in [3.63, 3.8) is 0 Å². The van der Waals surface area contributed by atoms with Gasteiger partial charge >= 0.3 is 0 Å². The molecule has 1 aromatic heterocycles. The minimum Gasteiger partial charge on any atom is -0.367 e. The van der Waals surface area contributed by atoms with Crippen molar-refractivity contribution >= 4 is 5.84 Å². The Balaban J connectivity index is 1.89. The maximum atomic E-state index is 4.58. The van der Waals surface area contributed by atoms with E-state index in [0.717, 1.165) is 31.6 Å². The highest BCUT2D eigenvalue weighted by atomic mass is 15.0. The number of nitrogens with one attached hydrogen (secondary N) is 1. The SMILES string of the molecule is Cc1cccc(C(Cc2cccnc2)NC2=NCCC2)c1C. The zero-order valence-electron chi connectivity index (χ0n) is 13.3. The van der Waals surface area contributed by atoms with E-state index in [1.165, 1.54) is 22.3 Å². The maximum absolute atomic E-state index is 4.58. The van der Waals surface area contributed by atoms with Gasteiger partial charge in [0.25, 0.3) is 0 Å². The Morgan fingerprint density at radius 1 is 1.18 bits per heavy atom. The summed E-state index contributed by atoms with van der Waals surface area (Å²) in [5.74, 6) is 1.15. The van der Waals surface area contributed by atoms with Crippen LogP contribution in [0.25, 0.3) is 0 Å². The molecule has 1 aliphatic rings. The minimum atomic E-state index is 0.251. The second-order valence-corrected chi connectivity index (χ2v) is 5.98. The summed E-state index contributed by atoms with van der Waals surface area (Å²) in [6.45, 7) is 5.33. The molecule has 114 valence electrons. The fraction of sp³-hybridized carbons (Fsp3) is 0.368. The monoisotopic (exact) mass is 293 g/mol. The number of benzene rings is 1. The van der Waals surface area contributed by atoms with Gasteiger partial charge in [-0.25, -0.2) is 0 Å². The fourth-order valence-electron chi connectivity index (χ4n) is 3.00. The second-order valence-electron chi connectivity index (χ2n) is 5.98. The van der Waals surface area contributed by atoms with Crippen LogP contribution in [0, 0.1) is 13.8 Å². The van der Waals surface area contributed by atoms with Gasteiger partial charge in [-0.2, -0.15) is 0 Å². The summed E-state index contributed by atoms with van der Waals surface area (Å²) in [6.07, 6.45) is 6.93. The van der Waals surface area contributed by atoms with Gasteiger partial charge in [-0.15, -0.1) is 0 Å². The smallest absolute Gasteiger partial charge is 0.0968 e. The first kappa shape index (κ1) is 14.8. The molecule has 2 heterocycles. The van der Waals surface area contributed by atoms with Crippen LogP contribution in [-0.2, 0) is 6.42 Å². The highest BCUT2D eigenvalue weighted by molar-refractivity contribution is 5.84. The van der Waals surface area contributed by atoms with Gasteiger partial charge in [0.2, 0.25) is 0 Å². The molecule has 1 N–H and O–H groups in total. The number of rotatable bonds is 4. The summed E-state index contributed by atoms with van der Waals surface area (Å²) in [6, 6.07) is 10.9. The minimum absolute atomic E-state index is 0.251. The number of pyridine rings is 1. The number of hydrogen-bond donors (Lipinski definition) is 1. The standard InChI is InChI=1S/C19H23N3/c1-14-6-3-8-17(15(14)2)18(22-19-9-5-11-21-19)12-16-7-4-10-20-13-16/h3-4,6-8,10,13,18H,5,9,11-12H2,1-2H3,(H,21,22). The predicted molar refractivity (Wildman–Crippen MR) is 91.3 cm³/mol. The molecule has 0 aliphatic carbocycles. The molecule has 0 fully saturated rings. The van der Waals surface area contributed by atoms with Crippen LogP contribution in [0.4, 0.5) is 0 Å². The second kappa shape index (κ2) is 6.73. The predicted octanol–water partition coefficient (Wildman–Crippen LogP) is 3.76. The Morgan fingerprint density at radius 2 is 2.09 bits per heavy atom. The first-order chi connectivity index (χ1) is 10.7. The average molecular weight is 293 g/mol. The molecular formula is C19H23N3. The highest BCUT2D eigenvalue weighted by Crippen LogP contribution is 2.24. The molecule has 0 bridgehead atoms. The van der Waals surface area contributed by atoms with Crippen LogP contribution in [0.1, 0.15) is 41.1 Å². The van der Waals surface area contributed by atoms with E-state index >= 15 is 0 Å². The number of aromatic nitrogens is 1. The zero-order valence-corrected chi connectivity index (χ0v) is 13.3. The Hall–Kier alpha value is -2.16. The van der Waals surface area contributed by atoms with Crippen LogP contribution in [0.2, 0.25) is 0 Å². The third-order valence-electron chi connectivity index (χ3n) is 4.40. The third kappa shape index (κ3) is 3.35. The van der Waals surface area contributed by atoms with E-state index in [-0.39, 0.29) is 6.04 Å². The number of amidine groups is 1. The number of aliphatic imine (C=N–C) groups is 1. The first-order valence-electron chi connectivity index (χ1n) is 7.99. The van der Waals surface area contributed by atoms with Gasteiger partial charge in [0.15, 0.2) is 0 Å². The Labute approximate surface area is 132 Å². The van der Waals surface area contributed by atoms with Crippen molar-refractivity contribution in [1.82, 2.24) is 10.3 Å². The molecule has 0 radical (unpaired) electrons. The van der Waals surface area contributed by atoms with Crippen LogP contribution < -0.4 is 5.32 Å². The third-order valence-corrected chi connectivity index (χ3v) is 4.40. The van der Waals surface area contributed by atoms with E-state index in [0.29, 0.717) is 0 Å². The van der Waals surface area contributed by atoms with Crippen molar-refractivity contribution in [2.75, 3.05) is 6.54 Å². The fourth-order valence-corrected chi connectivity index (χ4v) is 3.00. The quantitative estimate of drug-likeness (QED) is 0.932. The van der Waals surface area contributed by atoms with Crippen molar-refractivity contribution in [2.24, 2.45) is 4.99 Å². The summed E-state index contributed by atoms with van der Waals surface area (Å²) >= 11 is 0. The molecule has 0 amide bonds. The van der Waals surface area contributed by atoms with E-state index in [2.05, 4.69) is 53.4 Å². The van der Waals surface area contributed by atoms with Gasteiger partial charge in [-0.05, 0) is 55.0 Å². The molecule has 2 aromatic rings. The van der Waals surface area contributed by atoms with E-state index in [1.807, 2.05) is 18.5 Å². The summed E-state index contributed by atoms with van der Waals surface area (Å²) in [4.78, 5) is 8.83. The largest absolute Gasteiger partial charge is 0.367 e. The molecule has 0 saturated carbocycles. The van der Waals surface area contributed by atoms with Crippen molar-refractivity contribution in [2.45, 2.75) is 39.2 Å². The molecule has 0 saturated heterocycles. The molecule has 1 atom stereocenters. The molecule has 22 heavy (non-hydrogen) atoms. The van der Waals surface area contributed by atoms with Crippen molar-refractivity contribution < 1.29 is 0 Å². The van der Waals surface area contributed by atoms with Gasteiger partial charge in [0.05, 0.1) is 11.9 Å². The number of aryl methyl sites for hydroxylation is 1. The molecule has 3 heteroatoms. The van der Waals surface area contributed by atoms with Gasteiger partial charge in [-0.1, -0.05) is 24.3 Å². The average Bonchev–Trinajstić information content (AvgIpc) is 3.03. The van der Waals surface area contributed by atoms with Crippen molar-refractivity contribution in [3.8, 4) is 0 Å². The zero-order chi connectivity index (χ0) is 15.4. The highest BCUT2D eigenvalue weighted by Gasteiger charge is 2.18. The van der Waals surface area contributed by atoms with Crippen LogP contribution in [-0.4, -0.2) is 17.4 Å². The molecule has 3 nitrogen and oxygen atoms in total. The lowest BCUT2D eigenvalue weighted by Gasteiger charge is -2.23. The summed E-state index contributed by atoms with van der Waals surface area (Å²) in [7, 11) is 0. The van der Waals surface area contributed by atoms with Crippen LogP contribution in [0.3, 0.4) is 0 Å². The molecule has 1 aliphatic heterocycles.